The normalized spacial score (nSPS) is 12.0. The average Bonchev–Trinajstić information content (AvgIpc) is 2.51. The van der Waals surface area contributed by atoms with Crippen LogP contribution in [0.1, 0.15) is 18.9 Å². The van der Waals surface area contributed by atoms with Crippen molar-refractivity contribution < 1.29 is 19.0 Å². The summed E-state index contributed by atoms with van der Waals surface area (Å²) in [6.45, 7) is 1.91. The van der Waals surface area contributed by atoms with Crippen molar-refractivity contribution in [1.82, 2.24) is 5.32 Å². The van der Waals surface area contributed by atoms with Crippen LogP contribution in [0.25, 0.3) is 0 Å². The van der Waals surface area contributed by atoms with Gasteiger partial charge in [-0.25, -0.2) is 4.39 Å². The van der Waals surface area contributed by atoms with Crippen molar-refractivity contribution in [3.63, 3.8) is 0 Å². The second-order valence-electron chi connectivity index (χ2n) is 5.14. The Labute approximate surface area is 138 Å². The van der Waals surface area contributed by atoms with Gasteiger partial charge in [0.25, 0.3) is 0 Å². The van der Waals surface area contributed by atoms with Gasteiger partial charge < -0.3 is 15.2 Å². The minimum Gasteiger partial charge on any atom is -0.481 e. The van der Waals surface area contributed by atoms with Crippen LogP contribution in [0.2, 0.25) is 5.02 Å². The molecule has 0 amide bonds. The fourth-order valence-electron chi connectivity index (χ4n) is 2.03. The summed E-state index contributed by atoms with van der Waals surface area (Å²) in [4.78, 5) is 10.6. The van der Waals surface area contributed by atoms with Crippen molar-refractivity contribution in [2.45, 2.75) is 25.9 Å². The molecule has 0 aliphatic rings. The summed E-state index contributed by atoms with van der Waals surface area (Å²) < 4.78 is 20.1. The lowest BCUT2D eigenvalue weighted by Crippen LogP contribution is -2.28. The van der Waals surface area contributed by atoms with Crippen LogP contribution in [0.15, 0.2) is 42.5 Å². The maximum Gasteiger partial charge on any atom is 0.304 e. The Bertz CT molecular complexity index is 679. The Morgan fingerprint density at radius 3 is 2.65 bits per heavy atom. The van der Waals surface area contributed by atoms with Crippen molar-refractivity contribution in [2.24, 2.45) is 0 Å². The molecule has 0 aliphatic carbocycles. The van der Waals surface area contributed by atoms with Gasteiger partial charge in [-0.2, -0.15) is 0 Å². The summed E-state index contributed by atoms with van der Waals surface area (Å²) in [7, 11) is 0. The zero-order valence-electron chi connectivity index (χ0n) is 12.6. The number of hydrogen-bond acceptors (Lipinski definition) is 3. The lowest BCUT2D eigenvalue weighted by molar-refractivity contribution is -0.137. The SMILES string of the molecule is CC(CC(=O)O)NCc1ccc(Cl)c(Oc2ccccc2)c1F. The number of aliphatic carboxylic acids is 1. The molecular formula is C17H17ClFNO3. The summed E-state index contributed by atoms with van der Waals surface area (Å²) in [6.07, 6.45) is -0.0391. The number of carboxylic acids is 1. The molecule has 4 nitrogen and oxygen atoms in total. The van der Waals surface area contributed by atoms with Crippen molar-refractivity contribution in [1.29, 1.82) is 0 Å². The first-order valence-electron chi connectivity index (χ1n) is 7.12. The molecule has 0 fully saturated rings. The molecule has 23 heavy (non-hydrogen) atoms. The summed E-state index contributed by atoms with van der Waals surface area (Å²) in [6, 6.07) is 11.6. The van der Waals surface area contributed by atoms with Gasteiger partial charge in [0, 0.05) is 18.2 Å². The van der Waals surface area contributed by atoms with Gasteiger partial charge in [-0.1, -0.05) is 35.9 Å². The first kappa shape index (κ1) is 17.2. The van der Waals surface area contributed by atoms with E-state index in [1.54, 1.807) is 43.3 Å². The quantitative estimate of drug-likeness (QED) is 0.794. The Morgan fingerprint density at radius 2 is 2.00 bits per heavy atom. The van der Waals surface area contributed by atoms with E-state index >= 15 is 0 Å². The number of para-hydroxylation sites is 1. The van der Waals surface area contributed by atoms with E-state index < -0.39 is 11.8 Å². The van der Waals surface area contributed by atoms with Crippen LogP contribution in [0, 0.1) is 5.82 Å². The maximum atomic E-state index is 14.6. The van der Waals surface area contributed by atoms with E-state index in [4.69, 9.17) is 21.4 Å². The summed E-state index contributed by atoms with van der Waals surface area (Å²) in [5, 5.41) is 11.9. The molecule has 2 rings (SSSR count). The third kappa shape index (κ3) is 4.94. The maximum absolute atomic E-state index is 14.6. The topological polar surface area (TPSA) is 58.6 Å². The summed E-state index contributed by atoms with van der Waals surface area (Å²) >= 11 is 6.02. The van der Waals surface area contributed by atoms with E-state index in [0.29, 0.717) is 11.3 Å². The highest BCUT2D eigenvalue weighted by Crippen LogP contribution is 2.33. The van der Waals surface area contributed by atoms with Gasteiger partial charge in [0.15, 0.2) is 11.6 Å². The zero-order valence-corrected chi connectivity index (χ0v) is 13.3. The predicted octanol–water partition coefficient (Wildman–Crippen LogP) is 4.22. The second kappa shape index (κ2) is 7.94. The van der Waals surface area contributed by atoms with Gasteiger partial charge in [0.2, 0.25) is 0 Å². The van der Waals surface area contributed by atoms with Gasteiger partial charge in [0.05, 0.1) is 11.4 Å². The molecule has 122 valence electrons. The van der Waals surface area contributed by atoms with Gasteiger partial charge in [-0.3, -0.25) is 4.79 Å². The number of nitrogens with one attached hydrogen (secondary N) is 1. The fourth-order valence-corrected chi connectivity index (χ4v) is 2.21. The molecule has 2 aromatic rings. The molecule has 0 saturated carbocycles. The van der Waals surface area contributed by atoms with E-state index in [0.717, 1.165) is 0 Å². The molecule has 0 saturated heterocycles. The molecule has 0 aromatic heterocycles. The van der Waals surface area contributed by atoms with Crippen LogP contribution in [-0.2, 0) is 11.3 Å². The van der Waals surface area contributed by atoms with Crippen molar-refractivity contribution in [3.8, 4) is 11.5 Å². The highest BCUT2D eigenvalue weighted by atomic mass is 35.5. The first-order valence-corrected chi connectivity index (χ1v) is 7.50. The number of halogens is 2. The third-order valence-corrected chi connectivity index (χ3v) is 3.51. The number of ether oxygens (including phenoxy) is 1. The Hall–Kier alpha value is -2.11. The minimum absolute atomic E-state index is 0.0388. The van der Waals surface area contributed by atoms with E-state index in [1.165, 1.54) is 0 Å². The van der Waals surface area contributed by atoms with Gasteiger partial charge in [-0.05, 0) is 25.1 Å². The Balaban J connectivity index is 2.13. The molecule has 6 heteroatoms. The Kier molecular flexibility index (Phi) is 5.96. The van der Waals surface area contributed by atoms with E-state index in [1.807, 2.05) is 6.07 Å². The number of rotatable bonds is 7. The van der Waals surface area contributed by atoms with Crippen LogP contribution in [0.4, 0.5) is 4.39 Å². The number of benzene rings is 2. The standard InChI is InChI=1S/C17H17ClFNO3/c1-11(9-15(21)22)20-10-12-7-8-14(18)17(16(12)19)23-13-5-3-2-4-6-13/h2-8,11,20H,9-10H2,1H3,(H,21,22). The van der Waals surface area contributed by atoms with Gasteiger partial charge >= 0.3 is 5.97 Å². The molecule has 2 aromatic carbocycles. The highest BCUT2D eigenvalue weighted by Gasteiger charge is 2.16. The predicted molar refractivity (Wildman–Crippen MR) is 86.5 cm³/mol. The van der Waals surface area contributed by atoms with Gasteiger partial charge in [-0.15, -0.1) is 0 Å². The number of carboxylic acid groups (broad SMARTS) is 1. The summed E-state index contributed by atoms with van der Waals surface area (Å²) in [5.74, 6) is -1.02. The van der Waals surface area contributed by atoms with Crippen molar-refractivity contribution >= 4 is 17.6 Å². The lowest BCUT2D eigenvalue weighted by Gasteiger charge is -2.14. The Morgan fingerprint density at radius 1 is 1.30 bits per heavy atom. The average molecular weight is 338 g/mol. The van der Waals surface area contributed by atoms with Crippen LogP contribution >= 0.6 is 11.6 Å². The molecule has 0 bridgehead atoms. The molecule has 0 aliphatic heterocycles. The van der Waals surface area contributed by atoms with E-state index in [2.05, 4.69) is 5.32 Å². The van der Waals surface area contributed by atoms with Crippen LogP contribution in [0.3, 0.4) is 0 Å². The van der Waals surface area contributed by atoms with Crippen LogP contribution in [0.5, 0.6) is 11.5 Å². The molecule has 0 heterocycles. The smallest absolute Gasteiger partial charge is 0.304 e. The minimum atomic E-state index is -0.908. The molecule has 2 N–H and O–H groups in total. The van der Waals surface area contributed by atoms with Crippen LogP contribution in [-0.4, -0.2) is 17.1 Å². The summed E-state index contributed by atoms with van der Waals surface area (Å²) in [5.41, 5.74) is 0.359. The lowest BCUT2D eigenvalue weighted by atomic mass is 10.1. The fraction of sp³-hybridized carbons (Fsp3) is 0.235. The second-order valence-corrected chi connectivity index (χ2v) is 5.55. The monoisotopic (exact) mass is 337 g/mol. The van der Waals surface area contributed by atoms with Crippen molar-refractivity contribution in [3.05, 3.63) is 58.9 Å². The molecule has 1 unspecified atom stereocenters. The largest absolute Gasteiger partial charge is 0.481 e. The van der Waals surface area contributed by atoms with E-state index in [-0.39, 0.29) is 29.8 Å². The van der Waals surface area contributed by atoms with Crippen molar-refractivity contribution in [2.75, 3.05) is 0 Å². The van der Waals surface area contributed by atoms with Gasteiger partial charge in [0.1, 0.15) is 5.75 Å². The third-order valence-electron chi connectivity index (χ3n) is 3.21. The van der Waals surface area contributed by atoms with E-state index in [9.17, 15) is 9.18 Å². The highest BCUT2D eigenvalue weighted by molar-refractivity contribution is 6.32. The number of carbonyl (C=O) groups is 1. The number of hydrogen-bond donors (Lipinski definition) is 2. The van der Waals surface area contributed by atoms with Crippen LogP contribution < -0.4 is 10.1 Å². The molecule has 1 atom stereocenters. The first-order chi connectivity index (χ1) is 11.0. The zero-order chi connectivity index (χ0) is 16.8. The molecular weight excluding hydrogens is 321 g/mol. The molecule has 0 radical (unpaired) electrons. The molecule has 0 spiro atoms.